The Labute approximate surface area is 175 Å². The number of aryl methyl sites for hydroxylation is 1. The lowest BCUT2D eigenvalue weighted by atomic mass is 10.1. The van der Waals surface area contributed by atoms with Crippen molar-refractivity contribution in [3.63, 3.8) is 0 Å². The van der Waals surface area contributed by atoms with Crippen LogP contribution in [0.25, 0.3) is 0 Å². The highest BCUT2D eigenvalue weighted by atomic mass is 16.2. The number of fused-ring (bicyclic) bond motifs is 1. The van der Waals surface area contributed by atoms with Gasteiger partial charge in [-0.3, -0.25) is 18.8 Å². The molecule has 0 bridgehead atoms. The molecule has 0 atom stereocenters. The number of hydrogen-bond donors (Lipinski definition) is 0. The molecule has 0 saturated carbocycles. The molecule has 2 aromatic carbocycles. The summed E-state index contributed by atoms with van der Waals surface area (Å²) in [6.07, 6.45) is 0. The Hall–Kier alpha value is -3.43. The summed E-state index contributed by atoms with van der Waals surface area (Å²) in [6, 6.07) is 17.5. The van der Waals surface area contributed by atoms with Gasteiger partial charge in [0.05, 0.1) is 23.7 Å². The molecule has 1 aromatic heterocycles. The Morgan fingerprint density at radius 2 is 1.73 bits per heavy atom. The lowest BCUT2D eigenvalue weighted by molar-refractivity contribution is 0.271. The summed E-state index contributed by atoms with van der Waals surface area (Å²) >= 11 is 0. The Morgan fingerprint density at radius 3 is 2.43 bits per heavy atom. The molecule has 0 amide bonds. The summed E-state index contributed by atoms with van der Waals surface area (Å²) in [4.78, 5) is 28.4. The molecule has 0 aliphatic carbocycles. The molecule has 3 aromatic rings. The first-order chi connectivity index (χ1) is 14.5. The lowest BCUT2D eigenvalue weighted by Crippen LogP contribution is -2.42. The molecule has 0 saturated heterocycles. The molecule has 0 radical (unpaired) electrons. The van der Waals surface area contributed by atoms with Crippen LogP contribution in [0.15, 0.2) is 58.1 Å². The molecule has 0 unspecified atom stereocenters. The standard InChI is InChI=1S/C24H24N4O2/c1-3-27-22-16-26(13-20-6-4-5-19(11-20)12-25)15-21(22)23(29)28(24(27)30)14-18-9-7-17(2)8-10-18/h4-11H,3,13-16H2,1-2H3. The maximum atomic E-state index is 13.2. The Bertz CT molecular complexity index is 1250. The monoisotopic (exact) mass is 400 g/mol. The smallest absolute Gasteiger partial charge is 0.296 e. The van der Waals surface area contributed by atoms with Crippen LogP contribution in [0.3, 0.4) is 0 Å². The van der Waals surface area contributed by atoms with E-state index in [1.165, 1.54) is 4.57 Å². The largest absolute Gasteiger partial charge is 0.331 e. The fraction of sp³-hybridized carbons (Fsp3) is 0.292. The normalized spacial score (nSPS) is 13.2. The zero-order chi connectivity index (χ0) is 21.3. The highest BCUT2D eigenvalue weighted by Crippen LogP contribution is 2.21. The van der Waals surface area contributed by atoms with E-state index in [0.717, 1.165) is 22.4 Å². The van der Waals surface area contributed by atoms with Crippen molar-refractivity contribution in [3.8, 4) is 6.07 Å². The first-order valence-electron chi connectivity index (χ1n) is 10.1. The van der Waals surface area contributed by atoms with Crippen molar-refractivity contribution in [2.75, 3.05) is 0 Å². The van der Waals surface area contributed by atoms with Crippen LogP contribution < -0.4 is 11.2 Å². The number of aromatic nitrogens is 2. The fourth-order valence-electron chi connectivity index (χ4n) is 4.08. The predicted molar refractivity (Wildman–Crippen MR) is 115 cm³/mol. The Morgan fingerprint density at radius 1 is 0.967 bits per heavy atom. The van der Waals surface area contributed by atoms with E-state index >= 15 is 0 Å². The molecular weight excluding hydrogens is 376 g/mol. The first-order valence-corrected chi connectivity index (χ1v) is 10.1. The van der Waals surface area contributed by atoms with Gasteiger partial charge in [-0.2, -0.15) is 5.26 Å². The van der Waals surface area contributed by atoms with Crippen LogP contribution in [0, 0.1) is 18.3 Å². The van der Waals surface area contributed by atoms with E-state index in [-0.39, 0.29) is 17.8 Å². The molecule has 6 heteroatoms. The summed E-state index contributed by atoms with van der Waals surface area (Å²) in [5.41, 5.74) is 4.77. The van der Waals surface area contributed by atoms with Crippen molar-refractivity contribution < 1.29 is 0 Å². The number of hydrogen-bond acceptors (Lipinski definition) is 4. The van der Waals surface area contributed by atoms with E-state index in [1.54, 1.807) is 10.6 Å². The molecule has 2 heterocycles. The van der Waals surface area contributed by atoms with Gasteiger partial charge in [-0.25, -0.2) is 4.79 Å². The van der Waals surface area contributed by atoms with Crippen LogP contribution >= 0.6 is 0 Å². The minimum Gasteiger partial charge on any atom is -0.296 e. The van der Waals surface area contributed by atoms with E-state index in [2.05, 4.69) is 11.0 Å². The van der Waals surface area contributed by atoms with E-state index in [1.807, 2.05) is 56.3 Å². The maximum Gasteiger partial charge on any atom is 0.331 e. The van der Waals surface area contributed by atoms with Crippen LogP contribution in [-0.4, -0.2) is 14.0 Å². The number of rotatable bonds is 5. The van der Waals surface area contributed by atoms with Gasteiger partial charge in [-0.15, -0.1) is 0 Å². The van der Waals surface area contributed by atoms with E-state index < -0.39 is 0 Å². The molecule has 0 fully saturated rings. The van der Waals surface area contributed by atoms with Crippen molar-refractivity contribution in [1.82, 2.24) is 14.0 Å². The topological polar surface area (TPSA) is 71.0 Å². The van der Waals surface area contributed by atoms with Gasteiger partial charge in [0.2, 0.25) is 0 Å². The van der Waals surface area contributed by atoms with Gasteiger partial charge in [0.15, 0.2) is 0 Å². The molecule has 6 nitrogen and oxygen atoms in total. The van der Waals surface area contributed by atoms with Gasteiger partial charge in [0.25, 0.3) is 5.56 Å². The van der Waals surface area contributed by atoms with Gasteiger partial charge in [0.1, 0.15) is 0 Å². The van der Waals surface area contributed by atoms with Gasteiger partial charge in [-0.05, 0) is 37.1 Å². The van der Waals surface area contributed by atoms with Crippen LogP contribution in [0.5, 0.6) is 0 Å². The van der Waals surface area contributed by atoms with E-state index in [0.29, 0.717) is 37.3 Å². The second-order valence-corrected chi connectivity index (χ2v) is 7.79. The zero-order valence-electron chi connectivity index (χ0n) is 17.3. The minimum absolute atomic E-state index is 0.200. The van der Waals surface area contributed by atoms with Crippen molar-refractivity contribution >= 4 is 0 Å². The molecule has 0 spiro atoms. The molecule has 30 heavy (non-hydrogen) atoms. The number of nitrogens with zero attached hydrogens (tertiary/aromatic N) is 4. The molecule has 152 valence electrons. The average Bonchev–Trinajstić information content (AvgIpc) is 3.16. The summed E-state index contributed by atoms with van der Waals surface area (Å²) in [7, 11) is 0. The van der Waals surface area contributed by atoms with Crippen LogP contribution in [-0.2, 0) is 32.7 Å². The Kier molecular flexibility index (Phi) is 5.39. The van der Waals surface area contributed by atoms with E-state index in [9.17, 15) is 9.59 Å². The summed E-state index contributed by atoms with van der Waals surface area (Å²) in [5.74, 6) is 0. The highest BCUT2D eigenvalue weighted by molar-refractivity contribution is 5.33. The van der Waals surface area contributed by atoms with Gasteiger partial charge in [-0.1, -0.05) is 42.0 Å². The zero-order valence-corrected chi connectivity index (χ0v) is 17.3. The average molecular weight is 400 g/mol. The fourth-order valence-corrected chi connectivity index (χ4v) is 4.08. The number of nitriles is 1. The van der Waals surface area contributed by atoms with Crippen molar-refractivity contribution in [2.45, 2.75) is 46.6 Å². The predicted octanol–water partition coefficient (Wildman–Crippen LogP) is 2.77. The highest BCUT2D eigenvalue weighted by Gasteiger charge is 2.27. The first kappa shape index (κ1) is 19.9. The second kappa shape index (κ2) is 8.13. The van der Waals surface area contributed by atoms with Crippen LogP contribution in [0.2, 0.25) is 0 Å². The van der Waals surface area contributed by atoms with Crippen LogP contribution in [0.4, 0.5) is 0 Å². The molecule has 0 N–H and O–H groups in total. The third-order valence-electron chi connectivity index (χ3n) is 5.63. The summed E-state index contributed by atoms with van der Waals surface area (Å²) in [5, 5.41) is 9.12. The summed E-state index contributed by atoms with van der Waals surface area (Å²) < 4.78 is 3.07. The SMILES string of the molecule is CCn1c2c(c(=O)n(Cc3ccc(C)cc3)c1=O)CN(Cc1cccc(C#N)c1)C2. The third-order valence-corrected chi connectivity index (χ3v) is 5.63. The number of benzene rings is 2. The van der Waals surface area contributed by atoms with Gasteiger partial charge in [0, 0.05) is 31.9 Å². The lowest BCUT2D eigenvalue weighted by Gasteiger charge is -2.15. The van der Waals surface area contributed by atoms with Crippen molar-refractivity contribution in [2.24, 2.45) is 0 Å². The Balaban J connectivity index is 1.67. The van der Waals surface area contributed by atoms with E-state index in [4.69, 9.17) is 5.26 Å². The third kappa shape index (κ3) is 3.72. The molecule has 1 aliphatic heterocycles. The van der Waals surface area contributed by atoms with Gasteiger partial charge >= 0.3 is 5.69 Å². The minimum atomic E-state index is -0.254. The maximum absolute atomic E-state index is 13.2. The molecule has 4 rings (SSSR count). The van der Waals surface area contributed by atoms with Crippen molar-refractivity contribution in [3.05, 3.63) is 103 Å². The molecular formula is C24H24N4O2. The quantitative estimate of drug-likeness (QED) is 0.660. The van der Waals surface area contributed by atoms with Gasteiger partial charge < -0.3 is 0 Å². The molecule has 1 aliphatic rings. The van der Waals surface area contributed by atoms with Crippen LogP contribution in [0.1, 0.15) is 40.4 Å². The summed E-state index contributed by atoms with van der Waals surface area (Å²) in [6.45, 7) is 6.41. The van der Waals surface area contributed by atoms with Crippen molar-refractivity contribution in [1.29, 1.82) is 5.26 Å². The second-order valence-electron chi connectivity index (χ2n) is 7.79.